The molecule has 2 atom stereocenters. The number of halogens is 3. The fourth-order valence-electron chi connectivity index (χ4n) is 4.86. The summed E-state index contributed by atoms with van der Waals surface area (Å²) >= 11 is 0. The Morgan fingerprint density at radius 3 is 2.47 bits per heavy atom. The molecule has 0 bridgehead atoms. The first-order chi connectivity index (χ1) is 14.7. The lowest BCUT2D eigenvalue weighted by Crippen LogP contribution is -2.48. The van der Waals surface area contributed by atoms with Crippen molar-refractivity contribution in [2.45, 2.75) is 84.7 Å². The van der Waals surface area contributed by atoms with Gasteiger partial charge in [-0.2, -0.15) is 13.2 Å². The zero-order valence-corrected chi connectivity index (χ0v) is 19.4. The SMILES string of the molecule is CC(C)[C@]1(C(=O)N2CCc3ccc(C(F)(F)F)cc3C2)CC[C@@H](NC(=O)OC(C)(C)C)C1. The first-order valence-electron chi connectivity index (χ1n) is 11.2. The van der Waals surface area contributed by atoms with Gasteiger partial charge in [-0.15, -0.1) is 0 Å². The quantitative estimate of drug-likeness (QED) is 0.673. The van der Waals surface area contributed by atoms with Crippen LogP contribution in [0, 0.1) is 11.3 Å². The summed E-state index contributed by atoms with van der Waals surface area (Å²) in [5, 5.41) is 2.89. The summed E-state index contributed by atoms with van der Waals surface area (Å²) in [6, 6.07) is 3.62. The number of rotatable bonds is 3. The van der Waals surface area contributed by atoms with Crippen molar-refractivity contribution in [2.24, 2.45) is 11.3 Å². The number of carbonyl (C=O) groups excluding carboxylic acids is 2. The molecule has 178 valence electrons. The van der Waals surface area contributed by atoms with Gasteiger partial charge in [0, 0.05) is 19.1 Å². The summed E-state index contributed by atoms with van der Waals surface area (Å²) in [6.45, 7) is 10.0. The third kappa shape index (κ3) is 5.21. The molecule has 1 aromatic carbocycles. The van der Waals surface area contributed by atoms with Crippen LogP contribution in [0.25, 0.3) is 0 Å². The first-order valence-corrected chi connectivity index (χ1v) is 11.2. The van der Waals surface area contributed by atoms with E-state index in [2.05, 4.69) is 5.32 Å². The molecule has 8 heteroatoms. The van der Waals surface area contributed by atoms with Gasteiger partial charge in [0.15, 0.2) is 0 Å². The summed E-state index contributed by atoms with van der Waals surface area (Å²) in [7, 11) is 0. The van der Waals surface area contributed by atoms with Gasteiger partial charge in [0.2, 0.25) is 5.91 Å². The van der Waals surface area contributed by atoms with E-state index in [0.29, 0.717) is 37.8 Å². The molecule has 1 aliphatic carbocycles. The number of nitrogens with zero attached hydrogens (tertiary/aromatic N) is 1. The second-order valence-corrected chi connectivity index (χ2v) is 10.4. The molecule has 3 rings (SSSR count). The summed E-state index contributed by atoms with van der Waals surface area (Å²) in [5.74, 6) is -0.00704. The van der Waals surface area contributed by atoms with E-state index in [1.165, 1.54) is 12.1 Å². The summed E-state index contributed by atoms with van der Waals surface area (Å²) in [6.07, 6.45) is -2.60. The van der Waals surface area contributed by atoms with Gasteiger partial charge >= 0.3 is 12.3 Å². The largest absolute Gasteiger partial charge is 0.444 e. The molecule has 1 aliphatic heterocycles. The van der Waals surface area contributed by atoms with E-state index in [-0.39, 0.29) is 24.4 Å². The monoisotopic (exact) mass is 454 g/mol. The molecule has 0 spiro atoms. The van der Waals surface area contributed by atoms with Crippen molar-refractivity contribution >= 4 is 12.0 Å². The number of carbonyl (C=O) groups is 2. The zero-order chi connectivity index (χ0) is 23.9. The molecular weight excluding hydrogens is 421 g/mol. The normalized spacial score (nSPS) is 23.8. The molecule has 0 aromatic heterocycles. The second kappa shape index (κ2) is 8.60. The average molecular weight is 455 g/mol. The zero-order valence-electron chi connectivity index (χ0n) is 19.4. The van der Waals surface area contributed by atoms with Gasteiger partial charge in [-0.1, -0.05) is 19.9 Å². The highest BCUT2D eigenvalue weighted by molar-refractivity contribution is 5.84. The smallest absolute Gasteiger partial charge is 0.416 e. The van der Waals surface area contributed by atoms with Crippen molar-refractivity contribution < 1.29 is 27.5 Å². The predicted octanol–water partition coefficient (Wildman–Crippen LogP) is 5.31. The molecule has 1 fully saturated rings. The average Bonchev–Trinajstić information content (AvgIpc) is 3.09. The molecule has 1 heterocycles. The molecule has 0 saturated heterocycles. The van der Waals surface area contributed by atoms with Crippen LogP contribution in [0.5, 0.6) is 0 Å². The van der Waals surface area contributed by atoms with Crippen molar-refractivity contribution in [3.05, 3.63) is 34.9 Å². The molecule has 32 heavy (non-hydrogen) atoms. The van der Waals surface area contributed by atoms with Crippen molar-refractivity contribution in [3.63, 3.8) is 0 Å². The third-order valence-corrected chi connectivity index (χ3v) is 6.63. The van der Waals surface area contributed by atoms with E-state index in [4.69, 9.17) is 4.74 Å². The van der Waals surface area contributed by atoms with Crippen LogP contribution in [0.2, 0.25) is 0 Å². The number of amides is 2. The number of hydrogen-bond donors (Lipinski definition) is 1. The van der Waals surface area contributed by atoms with E-state index in [1.54, 1.807) is 25.7 Å². The first kappa shape index (κ1) is 24.4. The number of benzene rings is 1. The number of ether oxygens (including phenoxy) is 1. The highest BCUT2D eigenvalue weighted by Gasteiger charge is 2.50. The summed E-state index contributed by atoms with van der Waals surface area (Å²) in [4.78, 5) is 27.6. The van der Waals surface area contributed by atoms with Crippen molar-refractivity contribution in [2.75, 3.05) is 6.54 Å². The van der Waals surface area contributed by atoms with Crippen molar-refractivity contribution in [1.29, 1.82) is 0 Å². The van der Waals surface area contributed by atoms with Crippen molar-refractivity contribution in [1.82, 2.24) is 10.2 Å². The maximum atomic E-state index is 13.7. The molecule has 2 amide bonds. The Hall–Kier alpha value is -2.25. The van der Waals surface area contributed by atoms with Crippen LogP contribution in [0.4, 0.5) is 18.0 Å². The number of hydrogen-bond acceptors (Lipinski definition) is 3. The lowest BCUT2D eigenvalue weighted by molar-refractivity contribution is -0.145. The van der Waals surface area contributed by atoms with Crippen LogP contribution in [0.1, 0.15) is 70.6 Å². The molecule has 1 aromatic rings. The number of alkyl halides is 3. The molecule has 2 aliphatic rings. The van der Waals surface area contributed by atoms with E-state index >= 15 is 0 Å². The Morgan fingerprint density at radius 1 is 1.19 bits per heavy atom. The van der Waals surface area contributed by atoms with Gasteiger partial charge in [0.1, 0.15) is 5.60 Å². The van der Waals surface area contributed by atoms with Crippen LogP contribution in [-0.2, 0) is 28.7 Å². The third-order valence-electron chi connectivity index (χ3n) is 6.63. The van der Waals surface area contributed by atoms with Crippen LogP contribution < -0.4 is 5.32 Å². The van der Waals surface area contributed by atoms with Gasteiger partial charge < -0.3 is 15.0 Å². The lowest BCUT2D eigenvalue weighted by atomic mass is 9.74. The maximum Gasteiger partial charge on any atom is 0.416 e. The van der Waals surface area contributed by atoms with E-state index in [1.807, 2.05) is 13.8 Å². The highest BCUT2D eigenvalue weighted by atomic mass is 19.4. The summed E-state index contributed by atoms with van der Waals surface area (Å²) < 4.78 is 44.8. The number of nitrogens with one attached hydrogen (secondary N) is 1. The van der Waals surface area contributed by atoms with Crippen LogP contribution in [0.15, 0.2) is 18.2 Å². The molecule has 0 radical (unpaired) electrons. The molecular formula is C24H33F3N2O3. The Bertz CT molecular complexity index is 876. The van der Waals surface area contributed by atoms with E-state index < -0.39 is 28.8 Å². The summed E-state index contributed by atoms with van der Waals surface area (Å²) in [5.41, 5.74) is -0.536. The van der Waals surface area contributed by atoms with Crippen LogP contribution in [-0.4, -0.2) is 35.1 Å². The van der Waals surface area contributed by atoms with E-state index in [9.17, 15) is 22.8 Å². The van der Waals surface area contributed by atoms with Gasteiger partial charge in [0.25, 0.3) is 0 Å². The second-order valence-electron chi connectivity index (χ2n) is 10.4. The van der Waals surface area contributed by atoms with Crippen LogP contribution in [0.3, 0.4) is 0 Å². The van der Waals surface area contributed by atoms with Gasteiger partial charge in [-0.25, -0.2) is 4.79 Å². The van der Waals surface area contributed by atoms with E-state index in [0.717, 1.165) is 11.6 Å². The lowest BCUT2D eigenvalue weighted by Gasteiger charge is -2.39. The van der Waals surface area contributed by atoms with Crippen LogP contribution >= 0.6 is 0 Å². The Morgan fingerprint density at radius 2 is 1.88 bits per heavy atom. The highest BCUT2D eigenvalue weighted by Crippen LogP contribution is 2.46. The standard InChI is InChI=1S/C24H33F3N2O3/c1-15(2)23(10-8-19(13-23)28-21(31)32-22(3,4)5)20(30)29-11-9-16-6-7-18(24(25,26)27)12-17(16)14-29/h6-7,12,15,19H,8-11,13-14H2,1-5H3,(H,28,31)/t19-,23+/m1/s1. The minimum Gasteiger partial charge on any atom is -0.444 e. The minimum atomic E-state index is -4.41. The molecule has 0 unspecified atom stereocenters. The number of alkyl carbamates (subject to hydrolysis) is 1. The minimum absolute atomic E-state index is 0.0309. The number of fused-ring (bicyclic) bond motifs is 1. The molecule has 1 N–H and O–H groups in total. The topological polar surface area (TPSA) is 58.6 Å². The Balaban J connectivity index is 1.74. The molecule has 1 saturated carbocycles. The Labute approximate surface area is 187 Å². The van der Waals surface area contributed by atoms with Gasteiger partial charge in [-0.3, -0.25) is 4.79 Å². The van der Waals surface area contributed by atoms with Gasteiger partial charge in [0.05, 0.1) is 11.0 Å². The maximum absolute atomic E-state index is 13.7. The van der Waals surface area contributed by atoms with Crippen molar-refractivity contribution in [3.8, 4) is 0 Å². The molecule has 5 nitrogen and oxygen atoms in total. The van der Waals surface area contributed by atoms with Gasteiger partial charge in [-0.05, 0) is 75.6 Å². The predicted molar refractivity (Wildman–Crippen MR) is 115 cm³/mol. The fourth-order valence-corrected chi connectivity index (χ4v) is 4.86. The Kier molecular flexibility index (Phi) is 6.55. The fraction of sp³-hybridized carbons (Fsp3) is 0.667.